The largest absolute Gasteiger partial charge is 0.497 e. The predicted molar refractivity (Wildman–Crippen MR) is 70.9 cm³/mol. The zero-order valence-corrected chi connectivity index (χ0v) is 11.4. The van der Waals surface area contributed by atoms with Gasteiger partial charge in [-0.05, 0) is 56.4 Å². The first-order valence-corrected chi connectivity index (χ1v) is 6.53. The Morgan fingerprint density at radius 3 is 2.72 bits per heavy atom. The molecule has 100 valence electrons. The van der Waals surface area contributed by atoms with Crippen LogP contribution in [0.5, 0.6) is 5.75 Å². The van der Waals surface area contributed by atoms with Gasteiger partial charge in [-0.25, -0.2) is 0 Å². The quantitative estimate of drug-likeness (QED) is 0.896. The van der Waals surface area contributed by atoms with Crippen molar-refractivity contribution in [3.05, 3.63) is 29.3 Å². The summed E-state index contributed by atoms with van der Waals surface area (Å²) in [5.41, 5.74) is 1.51. The molecule has 0 aromatic heterocycles. The van der Waals surface area contributed by atoms with E-state index in [2.05, 4.69) is 0 Å². The van der Waals surface area contributed by atoms with Crippen molar-refractivity contribution < 1.29 is 14.6 Å². The maximum atomic E-state index is 10.6. The van der Waals surface area contributed by atoms with Gasteiger partial charge in [-0.2, -0.15) is 0 Å². The number of aliphatic hydroxyl groups excluding tert-OH is 1. The van der Waals surface area contributed by atoms with Gasteiger partial charge in [0.2, 0.25) is 0 Å². The van der Waals surface area contributed by atoms with Gasteiger partial charge >= 0.3 is 0 Å². The summed E-state index contributed by atoms with van der Waals surface area (Å²) < 4.78 is 11.0. The van der Waals surface area contributed by atoms with Crippen LogP contribution in [-0.2, 0) is 4.74 Å². The molecule has 0 bridgehead atoms. The van der Waals surface area contributed by atoms with E-state index in [1.165, 1.54) is 0 Å². The number of hydrogen-bond acceptors (Lipinski definition) is 3. The number of aliphatic hydroxyl groups is 1. The Kier molecular flexibility index (Phi) is 3.93. The van der Waals surface area contributed by atoms with Crippen molar-refractivity contribution in [2.75, 3.05) is 13.7 Å². The molecule has 0 radical (unpaired) electrons. The molecule has 3 nitrogen and oxygen atoms in total. The van der Waals surface area contributed by atoms with E-state index < -0.39 is 11.7 Å². The second-order valence-corrected chi connectivity index (χ2v) is 5.24. The van der Waals surface area contributed by atoms with Crippen LogP contribution in [0.1, 0.15) is 43.4 Å². The minimum Gasteiger partial charge on any atom is -0.497 e. The lowest BCUT2D eigenvalue weighted by atomic mass is 9.85. The monoisotopic (exact) mass is 250 g/mol. The van der Waals surface area contributed by atoms with Gasteiger partial charge in [-0.1, -0.05) is 6.07 Å². The van der Waals surface area contributed by atoms with Gasteiger partial charge in [0.05, 0.1) is 12.7 Å². The van der Waals surface area contributed by atoms with E-state index in [9.17, 15) is 5.11 Å². The fraction of sp³-hybridized carbons (Fsp3) is 0.600. The van der Waals surface area contributed by atoms with Crippen molar-refractivity contribution in [1.29, 1.82) is 0 Å². The maximum Gasteiger partial charge on any atom is 0.119 e. The fourth-order valence-electron chi connectivity index (χ4n) is 2.58. The fourth-order valence-corrected chi connectivity index (χ4v) is 2.58. The van der Waals surface area contributed by atoms with Gasteiger partial charge in [-0.15, -0.1) is 0 Å². The van der Waals surface area contributed by atoms with Crippen LogP contribution in [0.4, 0.5) is 0 Å². The van der Waals surface area contributed by atoms with Gasteiger partial charge < -0.3 is 14.6 Å². The molecule has 1 fully saturated rings. The lowest BCUT2D eigenvalue weighted by Crippen LogP contribution is -2.39. The first kappa shape index (κ1) is 13.4. The van der Waals surface area contributed by atoms with Crippen molar-refractivity contribution in [2.24, 2.45) is 0 Å². The molecule has 1 saturated heterocycles. The summed E-state index contributed by atoms with van der Waals surface area (Å²) in [7, 11) is 1.65. The van der Waals surface area contributed by atoms with Crippen LogP contribution >= 0.6 is 0 Å². The zero-order valence-electron chi connectivity index (χ0n) is 11.4. The van der Waals surface area contributed by atoms with E-state index in [0.29, 0.717) is 0 Å². The Balaban J connectivity index is 2.24. The Labute approximate surface area is 109 Å². The molecule has 2 unspecified atom stereocenters. The number of rotatable bonds is 3. The zero-order chi connectivity index (χ0) is 13.2. The van der Waals surface area contributed by atoms with E-state index in [4.69, 9.17) is 9.47 Å². The third-order valence-electron chi connectivity index (χ3n) is 3.85. The lowest BCUT2D eigenvalue weighted by molar-refractivity contribution is -0.138. The third kappa shape index (κ3) is 2.52. The molecule has 0 saturated carbocycles. The Hall–Kier alpha value is -1.06. The molecule has 1 heterocycles. The molecule has 1 aliphatic rings. The Morgan fingerprint density at radius 1 is 1.39 bits per heavy atom. The second kappa shape index (κ2) is 5.29. The molecule has 0 amide bonds. The molecule has 18 heavy (non-hydrogen) atoms. The van der Waals surface area contributed by atoms with E-state index >= 15 is 0 Å². The molecular formula is C15H22O3. The molecule has 1 aliphatic heterocycles. The van der Waals surface area contributed by atoms with Gasteiger partial charge in [-0.3, -0.25) is 0 Å². The Bertz CT molecular complexity index is 408. The summed E-state index contributed by atoms with van der Waals surface area (Å²) in [4.78, 5) is 0. The van der Waals surface area contributed by atoms with Crippen molar-refractivity contribution >= 4 is 0 Å². The van der Waals surface area contributed by atoms with Crippen LogP contribution in [-0.4, -0.2) is 24.4 Å². The van der Waals surface area contributed by atoms with E-state index in [0.717, 1.165) is 42.7 Å². The first-order valence-electron chi connectivity index (χ1n) is 6.53. The van der Waals surface area contributed by atoms with Crippen LogP contribution < -0.4 is 4.74 Å². The lowest BCUT2D eigenvalue weighted by Gasteiger charge is -2.38. The minimum absolute atomic E-state index is 0.461. The van der Waals surface area contributed by atoms with Gasteiger partial charge in [0.1, 0.15) is 11.9 Å². The second-order valence-electron chi connectivity index (χ2n) is 5.24. The van der Waals surface area contributed by atoms with Crippen LogP contribution in [0.25, 0.3) is 0 Å². The smallest absolute Gasteiger partial charge is 0.119 e. The predicted octanol–water partition coefficient (Wildman–Crippen LogP) is 3.00. The number of hydrogen-bond donors (Lipinski definition) is 1. The van der Waals surface area contributed by atoms with E-state index in [1.54, 1.807) is 7.11 Å². The van der Waals surface area contributed by atoms with Crippen LogP contribution in [0, 0.1) is 6.92 Å². The summed E-state index contributed by atoms with van der Waals surface area (Å²) in [5.74, 6) is 0.818. The summed E-state index contributed by atoms with van der Waals surface area (Å²) >= 11 is 0. The first-order chi connectivity index (χ1) is 8.57. The Morgan fingerprint density at radius 2 is 2.17 bits per heavy atom. The summed E-state index contributed by atoms with van der Waals surface area (Å²) in [6.07, 6.45) is 2.52. The van der Waals surface area contributed by atoms with Crippen LogP contribution in [0.2, 0.25) is 0 Å². The van der Waals surface area contributed by atoms with E-state index in [1.807, 2.05) is 32.0 Å². The number of methoxy groups -OCH3 is 1. The van der Waals surface area contributed by atoms with Gasteiger partial charge in [0.25, 0.3) is 0 Å². The molecule has 1 aromatic carbocycles. The maximum absolute atomic E-state index is 10.6. The summed E-state index contributed by atoms with van der Waals surface area (Å²) in [6, 6.07) is 5.77. The van der Waals surface area contributed by atoms with Gasteiger partial charge in [0, 0.05) is 6.61 Å². The normalized spacial score (nSPS) is 25.8. The highest BCUT2D eigenvalue weighted by Crippen LogP contribution is 2.38. The van der Waals surface area contributed by atoms with Crippen LogP contribution in [0.3, 0.4) is 0 Å². The molecule has 0 aliphatic carbocycles. The van der Waals surface area contributed by atoms with Crippen molar-refractivity contribution in [2.45, 2.75) is 44.8 Å². The average molecular weight is 250 g/mol. The molecule has 2 rings (SSSR count). The van der Waals surface area contributed by atoms with Crippen molar-refractivity contribution in [1.82, 2.24) is 0 Å². The van der Waals surface area contributed by atoms with E-state index in [-0.39, 0.29) is 0 Å². The molecule has 1 N–H and O–H groups in total. The van der Waals surface area contributed by atoms with Crippen molar-refractivity contribution in [3.8, 4) is 5.75 Å². The highest BCUT2D eigenvalue weighted by atomic mass is 16.5. The van der Waals surface area contributed by atoms with Crippen molar-refractivity contribution in [3.63, 3.8) is 0 Å². The number of ether oxygens (including phenoxy) is 2. The molecular weight excluding hydrogens is 228 g/mol. The molecule has 3 heteroatoms. The number of benzene rings is 1. The van der Waals surface area contributed by atoms with Crippen LogP contribution in [0.15, 0.2) is 18.2 Å². The summed E-state index contributed by atoms with van der Waals surface area (Å²) in [6.45, 7) is 4.73. The minimum atomic E-state index is -0.580. The summed E-state index contributed by atoms with van der Waals surface area (Å²) in [5, 5.41) is 10.6. The SMILES string of the molecule is COc1ccc(C(O)C2(C)CCCCO2)c(C)c1. The average Bonchev–Trinajstić information content (AvgIpc) is 2.38. The standard InChI is InChI=1S/C15H22O3/c1-11-10-12(17-3)6-7-13(11)14(16)15(2)8-4-5-9-18-15/h6-7,10,14,16H,4-5,8-9H2,1-3H3. The number of aryl methyl sites for hydroxylation is 1. The molecule has 2 atom stereocenters. The highest BCUT2D eigenvalue weighted by molar-refractivity contribution is 5.37. The highest BCUT2D eigenvalue weighted by Gasteiger charge is 2.37. The topological polar surface area (TPSA) is 38.7 Å². The molecule has 1 aromatic rings. The molecule has 0 spiro atoms. The van der Waals surface area contributed by atoms with Gasteiger partial charge in [0.15, 0.2) is 0 Å². The third-order valence-corrected chi connectivity index (χ3v) is 3.85.